The summed E-state index contributed by atoms with van der Waals surface area (Å²) in [5.74, 6) is -0.170. The number of benzene rings is 2. The maximum absolute atomic E-state index is 12.1. The molecular formula is C15H14ClNO2. The molecule has 2 aromatic carbocycles. The van der Waals surface area contributed by atoms with E-state index in [9.17, 15) is 9.90 Å². The Hall–Kier alpha value is -2.00. The molecule has 0 aliphatic rings. The van der Waals surface area contributed by atoms with E-state index in [0.29, 0.717) is 16.3 Å². The van der Waals surface area contributed by atoms with Gasteiger partial charge in [0.05, 0.1) is 0 Å². The van der Waals surface area contributed by atoms with Crippen molar-refractivity contribution in [1.82, 2.24) is 0 Å². The molecule has 0 heterocycles. The van der Waals surface area contributed by atoms with Crippen LogP contribution in [0.2, 0.25) is 5.02 Å². The molecule has 0 spiro atoms. The van der Waals surface area contributed by atoms with Crippen molar-refractivity contribution in [3.05, 3.63) is 58.1 Å². The molecule has 0 aromatic heterocycles. The zero-order valence-corrected chi connectivity index (χ0v) is 11.5. The highest BCUT2D eigenvalue weighted by Gasteiger charge is 2.09. The summed E-state index contributed by atoms with van der Waals surface area (Å²) in [6.07, 6.45) is 0. The Bertz CT molecular complexity index is 638. The van der Waals surface area contributed by atoms with Gasteiger partial charge in [0, 0.05) is 16.3 Å². The van der Waals surface area contributed by atoms with Crippen molar-refractivity contribution in [1.29, 1.82) is 0 Å². The number of rotatable bonds is 2. The minimum Gasteiger partial charge on any atom is -0.508 e. The number of nitrogens with one attached hydrogen (secondary N) is 1. The lowest BCUT2D eigenvalue weighted by molar-refractivity contribution is 0.102. The predicted octanol–water partition coefficient (Wildman–Crippen LogP) is 3.91. The second-order valence-corrected chi connectivity index (χ2v) is 4.85. The first-order valence-corrected chi connectivity index (χ1v) is 6.22. The van der Waals surface area contributed by atoms with Gasteiger partial charge in [-0.1, -0.05) is 23.7 Å². The van der Waals surface area contributed by atoms with E-state index in [4.69, 9.17) is 11.6 Å². The molecule has 0 atom stereocenters. The standard InChI is InChI=1S/C15H14ClNO2/c1-9-4-6-12(16)8-13(9)17-15(19)11-5-3-10(2)14(18)7-11/h3-8,18H,1-2H3,(H,17,19). The zero-order valence-electron chi connectivity index (χ0n) is 10.7. The fraction of sp³-hybridized carbons (Fsp3) is 0.133. The van der Waals surface area contributed by atoms with Gasteiger partial charge in [0.25, 0.3) is 5.91 Å². The van der Waals surface area contributed by atoms with E-state index >= 15 is 0 Å². The van der Waals surface area contributed by atoms with Gasteiger partial charge < -0.3 is 10.4 Å². The molecular weight excluding hydrogens is 262 g/mol. The molecule has 2 N–H and O–H groups in total. The van der Waals surface area contributed by atoms with E-state index < -0.39 is 0 Å². The molecule has 0 saturated heterocycles. The van der Waals surface area contributed by atoms with Crippen molar-refractivity contribution in [2.24, 2.45) is 0 Å². The zero-order chi connectivity index (χ0) is 14.0. The Kier molecular flexibility index (Phi) is 3.76. The summed E-state index contributed by atoms with van der Waals surface area (Å²) in [5.41, 5.74) is 2.73. The van der Waals surface area contributed by atoms with Gasteiger partial charge in [-0.05, 0) is 49.2 Å². The van der Waals surface area contributed by atoms with Crippen LogP contribution in [0.5, 0.6) is 5.75 Å². The van der Waals surface area contributed by atoms with Crippen LogP contribution in [0.25, 0.3) is 0 Å². The lowest BCUT2D eigenvalue weighted by Crippen LogP contribution is -2.12. The van der Waals surface area contributed by atoms with E-state index in [-0.39, 0.29) is 11.7 Å². The molecule has 0 fully saturated rings. The van der Waals surface area contributed by atoms with Gasteiger partial charge in [0.1, 0.15) is 5.75 Å². The van der Waals surface area contributed by atoms with E-state index in [1.807, 2.05) is 13.0 Å². The van der Waals surface area contributed by atoms with Gasteiger partial charge in [0.2, 0.25) is 0 Å². The molecule has 1 amide bonds. The first-order chi connectivity index (χ1) is 8.97. The molecule has 19 heavy (non-hydrogen) atoms. The van der Waals surface area contributed by atoms with Gasteiger partial charge in [-0.15, -0.1) is 0 Å². The van der Waals surface area contributed by atoms with Crippen LogP contribution < -0.4 is 5.32 Å². The third-order valence-corrected chi connectivity index (χ3v) is 3.15. The van der Waals surface area contributed by atoms with Crippen molar-refractivity contribution in [3.63, 3.8) is 0 Å². The lowest BCUT2D eigenvalue weighted by atomic mass is 10.1. The molecule has 98 valence electrons. The van der Waals surface area contributed by atoms with Crippen molar-refractivity contribution in [2.75, 3.05) is 5.32 Å². The maximum atomic E-state index is 12.1. The Morgan fingerprint density at radius 1 is 1.11 bits per heavy atom. The quantitative estimate of drug-likeness (QED) is 0.873. The maximum Gasteiger partial charge on any atom is 0.255 e. The smallest absolute Gasteiger partial charge is 0.255 e. The summed E-state index contributed by atoms with van der Waals surface area (Å²) in [6.45, 7) is 3.66. The summed E-state index contributed by atoms with van der Waals surface area (Å²) >= 11 is 5.90. The van der Waals surface area contributed by atoms with Crippen LogP contribution in [0, 0.1) is 13.8 Å². The van der Waals surface area contributed by atoms with Gasteiger partial charge in [-0.2, -0.15) is 0 Å². The number of anilines is 1. The summed E-state index contributed by atoms with van der Waals surface area (Å²) < 4.78 is 0. The molecule has 0 bridgehead atoms. The number of phenols is 1. The summed E-state index contributed by atoms with van der Waals surface area (Å²) in [7, 11) is 0. The van der Waals surface area contributed by atoms with Crippen molar-refractivity contribution in [2.45, 2.75) is 13.8 Å². The summed E-state index contributed by atoms with van der Waals surface area (Å²) in [6, 6.07) is 10.1. The Labute approximate surface area is 116 Å². The Morgan fingerprint density at radius 3 is 2.47 bits per heavy atom. The first-order valence-electron chi connectivity index (χ1n) is 5.84. The Balaban J connectivity index is 2.25. The van der Waals surface area contributed by atoms with Gasteiger partial charge in [0.15, 0.2) is 0 Å². The second-order valence-electron chi connectivity index (χ2n) is 4.41. The highest BCUT2D eigenvalue weighted by Crippen LogP contribution is 2.22. The largest absolute Gasteiger partial charge is 0.508 e. The van der Waals surface area contributed by atoms with Crippen LogP contribution in [-0.2, 0) is 0 Å². The summed E-state index contributed by atoms with van der Waals surface area (Å²) in [5, 5.41) is 13.0. The van der Waals surface area contributed by atoms with Crippen LogP contribution in [0.3, 0.4) is 0 Å². The van der Waals surface area contributed by atoms with Crippen molar-refractivity contribution >= 4 is 23.2 Å². The van der Waals surface area contributed by atoms with Crippen LogP contribution >= 0.6 is 11.6 Å². The molecule has 2 rings (SSSR count). The highest BCUT2D eigenvalue weighted by atomic mass is 35.5. The number of hydrogen-bond acceptors (Lipinski definition) is 2. The number of amides is 1. The SMILES string of the molecule is Cc1ccc(C(=O)Nc2cc(Cl)ccc2C)cc1O. The van der Waals surface area contributed by atoms with Gasteiger partial charge in [-0.25, -0.2) is 0 Å². The highest BCUT2D eigenvalue weighted by molar-refractivity contribution is 6.31. The normalized spacial score (nSPS) is 10.3. The number of halogens is 1. The number of aromatic hydroxyl groups is 1. The van der Waals surface area contributed by atoms with E-state index in [1.54, 1.807) is 31.2 Å². The van der Waals surface area contributed by atoms with Crippen molar-refractivity contribution < 1.29 is 9.90 Å². The molecule has 0 radical (unpaired) electrons. The molecule has 3 nitrogen and oxygen atoms in total. The minimum atomic E-state index is -0.277. The Morgan fingerprint density at radius 2 is 1.79 bits per heavy atom. The second kappa shape index (κ2) is 5.33. The third-order valence-electron chi connectivity index (χ3n) is 2.92. The minimum absolute atomic E-state index is 0.107. The number of carbonyl (C=O) groups excluding carboxylic acids is 1. The van der Waals surface area contributed by atoms with Crippen LogP contribution in [0.4, 0.5) is 5.69 Å². The van der Waals surface area contributed by atoms with Crippen LogP contribution in [0.15, 0.2) is 36.4 Å². The van der Waals surface area contributed by atoms with E-state index in [2.05, 4.69) is 5.32 Å². The molecule has 0 unspecified atom stereocenters. The summed E-state index contributed by atoms with van der Waals surface area (Å²) in [4.78, 5) is 12.1. The lowest BCUT2D eigenvalue weighted by Gasteiger charge is -2.09. The average Bonchev–Trinajstić information content (AvgIpc) is 2.37. The van der Waals surface area contributed by atoms with Crippen LogP contribution in [0.1, 0.15) is 21.5 Å². The van der Waals surface area contributed by atoms with E-state index in [0.717, 1.165) is 11.1 Å². The number of aryl methyl sites for hydroxylation is 2. The molecule has 0 saturated carbocycles. The van der Waals surface area contributed by atoms with Crippen LogP contribution in [-0.4, -0.2) is 11.0 Å². The fourth-order valence-electron chi connectivity index (χ4n) is 1.67. The van der Waals surface area contributed by atoms with Gasteiger partial charge in [-0.3, -0.25) is 4.79 Å². The fourth-order valence-corrected chi connectivity index (χ4v) is 1.85. The first kappa shape index (κ1) is 13.4. The molecule has 4 heteroatoms. The molecule has 2 aromatic rings. The molecule has 0 aliphatic carbocycles. The molecule has 0 aliphatic heterocycles. The van der Waals surface area contributed by atoms with E-state index in [1.165, 1.54) is 6.07 Å². The third kappa shape index (κ3) is 3.06. The van der Waals surface area contributed by atoms with Crippen molar-refractivity contribution in [3.8, 4) is 5.75 Å². The number of phenolic OH excluding ortho intramolecular Hbond substituents is 1. The predicted molar refractivity (Wildman–Crippen MR) is 77.0 cm³/mol. The topological polar surface area (TPSA) is 49.3 Å². The number of hydrogen-bond donors (Lipinski definition) is 2. The average molecular weight is 276 g/mol. The van der Waals surface area contributed by atoms with Gasteiger partial charge >= 0.3 is 0 Å². The monoisotopic (exact) mass is 275 g/mol. The number of carbonyl (C=O) groups is 1.